The summed E-state index contributed by atoms with van der Waals surface area (Å²) in [4.78, 5) is 0. The fourth-order valence-corrected chi connectivity index (χ4v) is 3.46. The summed E-state index contributed by atoms with van der Waals surface area (Å²) >= 11 is 0. The summed E-state index contributed by atoms with van der Waals surface area (Å²) in [5, 5.41) is 0. The van der Waals surface area contributed by atoms with E-state index in [1.807, 2.05) is 0 Å². The summed E-state index contributed by atoms with van der Waals surface area (Å²) in [5.74, 6) is 0.242. The lowest BCUT2D eigenvalue weighted by molar-refractivity contribution is -0.00988. The highest BCUT2D eigenvalue weighted by molar-refractivity contribution is 7.57. The Morgan fingerprint density at radius 1 is 1.50 bits per heavy atom. The fourth-order valence-electron chi connectivity index (χ4n) is 2.00. The Kier molecular flexibility index (Phi) is 5.48. The van der Waals surface area contributed by atoms with Gasteiger partial charge in [0.25, 0.3) is 0 Å². The Balaban J connectivity index is 2.72. The zero-order chi connectivity index (χ0) is 12.3. The molecule has 0 N–H and O–H groups in total. The van der Waals surface area contributed by atoms with Gasteiger partial charge in [0.1, 0.15) is 6.10 Å². The fraction of sp³-hybridized carbons (Fsp3) is 1.00. The first kappa shape index (κ1) is 14.7. The Morgan fingerprint density at radius 2 is 2.12 bits per heavy atom. The van der Waals surface area contributed by atoms with E-state index in [9.17, 15) is 4.57 Å². The van der Waals surface area contributed by atoms with Crippen LogP contribution in [0.3, 0.4) is 0 Å². The van der Waals surface area contributed by atoms with Crippen molar-refractivity contribution in [1.82, 2.24) is 0 Å². The lowest BCUT2D eigenvalue weighted by Gasteiger charge is -2.23. The average molecular weight is 266 g/mol. The van der Waals surface area contributed by atoms with Crippen LogP contribution in [0.15, 0.2) is 0 Å². The minimum Gasteiger partial charge on any atom is -0.382 e. The molecule has 1 aliphatic heterocycles. The largest absolute Gasteiger partial charge is 0.382 e. The smallest absolute Gasteiger partial charge is 0.197 e. The van der Waals surface area contributed by atoms with Gasteiger partial charge in [-0.15, -0.1) is 0 Å². The lowest BCUT2D eigenvalue weighted by atomic mass is 9.85. The van der Waals surface area contributed by atoms with Crippen LogP contribution in [-0.4, -0.2) is 52.3 Å². The van der Waals surface area contributed by atoms with Gasteiger partial charge in [0, 0.05) is 32.4 Å². The first-order valence-corrected chi connectivity index (χ1v) is 8.80. The third-order valence-corrected chi connectivity index (χ3v) is 3.98. The quantitative estimate of drug-likeness (QED) is 0.553. The molecular weight excluding hydrogens is 245 g/mol. The standard InChI is InChI=1S/C9H21BO4P2/c1-6-8(14-16(3,4)11)7(5-12-2)13-9(6)10-15/h6-10H,5,15H2,1-4H3/t6?,7-,8-,9-/m1/s1. The first-order valence-electron chi connectivity index (χ1n) is 5.47. The zero-order valence-electron chi connectivity index (χ0n) is 10.4. The summed E-state index contributed by atoms with van der Waals surface area (Å²) in [6, 6.07) is 0.140. The highest BCUT2D eigenvalue weighted by Gasteiger charge is 2.43. The molecule has 0 saturated carbocycles. The van der Waals surface area contributed by atoms with E-state index in [4.69, 9.17) is 14.0 Å². The van der Waals surface area contributed by atoms with Crippen molar-refractivity contribution in [2.75, 3.05) is 27.0 Å². The van der Waals surface area contributed by atoms with E-state index in [0.717, 1.165) is 7.00 Å². The van der Waals surface area contributed by atoms with Gasteiger partial charge in [-0.2, -0.15) is 9.12 Å². The van der Waals surface area contributed by atoms with Crippen LogP contribution < -0.4 is 0 Å². The Labute approximate surface area is 101 Å². The predicted octanol–water partition coefficient (Wildman–Crippen LogP) is 1.14. The maximum absolute atomic E-state index is 11.7. The molecule has 4 nitrogen and oxygen atoms in total. The molecule has 0 amide bonds. The van der Waals surface area contributed by atoms with Crippen LogP contribution in [-0.2, 0) is 18.6 Å². The molecule has 0 aromatic heterocycles. The van der Waals surface area contributed by atoms with Crippen molar-refractivity contribution in [2.24, 2.45) is 5.92 Å². The van der Waals surface area contributed by atoms with Gasteiger partial charge in [-0.05, 0) is 0 Å². The summed E-state index contributed by atoms with van der Waals surface area (Å²) in [6.45, 7) is 6.69. The second-order valence-electron chi connectivity index (χ2n) is 4.59. The minimum absolute atomic E-state index is 0.112. The molecule has 94 valence electrons. The van der Waals surface area contributed by atoms with Crippen molar-refractivity contribution in [2.45, 2.75) is 25.1 Å². The topological polar surface area (TPSA) is 44.8 Å². The van der Waals surface area contributed by atoms with Crippen molar-refractivity contribution in [3.8, 4) is 0 Å². The SMILES string of the molecule is COC[C@H]1O[C@@H](BP)C(C)[C@H]1OP(C)(C)=O. The van der Waals surface area contributed by atoms with E-state index in [2.05, 4.69) is 16.0 Å². The van der Waals surface area contributed by atoms with E-state index in [1.54, 1.807) is 20.4 Å². The molecule has 1 fully saturated rings. The molecular formula is C9H21BO4P2. The Hall–Kier alpha value is 0.605. The van der Waals surface area contributed by atoms with E-state index in [-0.39, 0.29) is 24.1 Å². The molecule has 0 aliphatic carbocycles. The molecule has 1 aliphatic rings. The van der Waals surface area contributed by atoms with Crippen LogP contribution in [0.2, 0.25) is 0 Å². The summed E-state index contributed by atoms with van der Waals surface area (Å²) < 4.78 is 28.3. The van der Waals surface area contributed by atoms with Crippen molar-refractivity contribution in [3.63, 3.8) is 0 Å². The normalized spacial score (nSPS) is 35.3. The summed E-state index contributed by atoms with van der Waals surface area (Å²) in [6.07, 6.45) is -0.245. The average Bonchev–Trinajstić information content (AvgIpc) is 2.44. The predicted molar refractivity (Wildman–Crippen MR) is 70.9 cm³/mol. The molecule has 16 heavy (non-hydrogen) atoms. The molecule has 0 spiro atoms. The number of rotatable bonds is 5. The van der Waals surface area contributed by atoms with Gasteiger partial charge in [-0.25, -0.2) is 0 Å². The molecule has 2 unspecified atom stereocenters. The van der Waals surface area contributed by atoms with Gasteiger partial charge >= 0.3 is 0 Å². The third-order valence-electron chi connectivity index (χ3n) is 2.76. The second-order valence-corrected chi connectivity index (χ2v) is 7.77. The van der Waals surface area contributed by atoms with E-state index < -0.39 is 7.37 Å². The van der Waals surface area contributed by atoms with Crippen LogP contribution in [0.1, 0.15) is 6.92 Å². The molecule has 7 heteroatoms. The molecule has 1 saturated heterocycles. The van der Waals surface area contributed by atoms with Crippen LogP contribution in [0.5, 0.6) is 0 Å². The Morgan fingerprint density at radius 3 is 2.56 bits per heavy atom. The molecule has 0 aromatic carbocycles. The van der Waals surface area contributed by atoms with Gasteiger partial charge in [0.2, 0.25) is 0 Å². The maximum Gasteiger partial charge on any atom is 0.197 e. The molecule has 1 heterocycles. The van der Waals surface area contributed by atoms with Gasteiger partial charge in [-0.1, -0.05) is 6.92 Å². The molecule has 5 atom stereocenters. The van der Waals surface area contributed by atoms with Crippen LogP contribution in [0.25, 0.3) is 0 Å². The van der Waals surface area contributed by atoms with E-state index in [0.29, 0.717) is 6.61 Å². The van der Waals surface area contributed by atoms with E-state index >= 15 is 0 Å². The van der Waals surface area contributed by atoms with Crippen LogP contribution in [0, 0.1) is 5.92 Å². The van der Waals surface area contributed by atoms with Crippen molar-refractivity contribution in [3.05, 3.63) is 0 Å². The minimum atomic E-state index is -2.49. The molecule has 0 aromatic rings. The lowest BCUT2D eigenvalue weighted by Crippen LogP contribution is -2.31. The highest BCUT2D eigenvalue weighted by Crippen LogP contribution is 2.44. The number of methoxy groups -OCH3 is 1. The van der Waals surface area contributed by atoms with Gasteiger partial charge < -0.3 is 14.0 Å². The first-order chi connectivity index (χ1) is 7.39. The highest BCUT2D eigenvalue weighted by atomic mass is 31.2. The van der Waals surface area contributed by atoms with Gasteiger partial charge in [0.15, 0.2) is 14.4 Å². The van der Waals surface area contributed by atoms with Crippen molar-refractivity contribution in [1.29, 1.82) is 0 Å². The monoisotopic (exact) mass is 266 g/mol. The Bertz CT molecular complexity index is 270. The number of hydrogen-bond acceptors (Lipinski definition) is 4. The number of ether oxygens (including phenoxy) is 2. The summed E-state index contributed by atoms with van der Waals surface area (Å²) in [5.41, 5.74) is 0. The molecule has 1 rings (SSSR count). The van der Waals surface area contributed by atoms with Gasteiger partial charge in [-0.3, -0.25) is 4.57 Å². The third kappa shape index (κ3) is 3.82. The number of hydrogen-bond donors (Lipinski definition) is 0. The molecule has 0 bridgehead atoms. The summed E-state index contributed by atoms with van der Waals surface area (Å²) in [7, 11) is 1.82. The van der Waals surface area contributed by atoms with Gasteiger partial charge in [0.05, 0.1) is 12.7 Å². The van der Waals surface area contributed by atoms with Crippen LogP contribution in [0.4, 0.5) is 0 Å². The second kappa shape index (κ2) is 5.97. The maximum atomic E-state index is 11.7. The van der Waals surface area contributed by atoms with Crippen LogP contribution >= 0.6 is 16.5 Å². The van der Waals surface area contributed by atoms with Crippen molar-refractivity contribution < 1.29 is 18.6 Å². The van der Waals surface area contributed by atoms with E-state index in [1.165, 1.54) is 0 Å². The molecule has 0 radical (unpaired) electrons. The zero-order valence-corrected chi connectivity index (χ0v) is 12.4. The van der Waals surface area contributed by atoms with Crippen molar-refractivity contribution >= 4 is 23.5 Å².